The average Bonchev–Trinajstić information content (AvgIpc) is 2.32. The summed E-state index contributed by atoms with van der Waals surface area (Å²) in [5, 5.41) is 7.10. The second-order valence-electron chi connectivity index (χ2n) is 4.53. The summed E-state index contributed by atoms with van der Waals surface area (Å²) in [5.74, 6) is 0.825. The smallest absolute Gasteiger partial charge is 0.0192 e. The molecule has 0 saturated carbocycles. The highest BCUT2D eigenvalue weighted by Crippen LogP contribution is 2.04. The Kier molecular flexibility index (Phi) is 5.40. The van der Waals surface area contributed by atoms with Gasteiger partial charge in [0.25, 0.3) is 0 Å². The molecule has 1 fully saturated rings. The van der Waals surface area contributed by atoms with E-state index in [-0.39, 0.29) is 0 Å². The van der Waals surface area contributed by atoms with Crippen LogP contribution in [0, 0.1) is 5.92 Å². The minimum atomic E-state index is 0.723. The summed E-state index contributed by atoms with van der Waals surface area (Å²) in [4.78, 5) is 0. The fourth-order valence-corrected chi connectivity index (χ4v) is 1.77. The van der Waals surface area contributed by atoms with Crippen molar-refractivity contribution in [1.82, 2.24) is 10.6 Å². The summed E-state index contributed by atoms with van der Waals surface area (Å²) in [6, 6.07) is 0.723. The molecule has 0 aliphatic carbocycles. The van der Waals surface area contributed by atoms with Gasteiger partial charge in [-0.3, -0.25) is 0 Å². The Morgan fingerprint density at radius 2 is 2.23 bits per heavy atom. The molecule has 0 radical (unpaired) electrons. The van der Waals surface area contributed by atoms with Crippen molar-refractivity contribution in [2.75, 3.05) is 19.6 Å². The standard InChI is InChI=1S/C11H24N2/c1-10(2)6-8-13-11-5-3-4-7-12-9-11/h10-13H,3-9H2,1-2H3/t11-/m1/s1. The molecule has 0 aromatic heterocycles. The van der Waals surface area contributed by atoms with E-state index in [1.165, 1.54) is 38.8 Å². The first-order chi connectivity index (χ1) is 6.29. The normalized spacial score (nSPS) is 24.7. The fraction of sp³-hybridized carbons (Fsp3) is 1.00. The monoisotopic (exact) mass is 184 g/mol. The van der Waals surface area contributed by atoms with Crippen molar-refractivity contribution >= 4 is 0 Å². The van der Waals surface area contributed by atoms with Crippen molar-refractivity contribution in [3.05, 3.63) is 0 Å². The Hall–Kier alpha value is -0.0800. The van der Waals surface area contributed by atoms with Crippen LogP contribution in [0.3, 0.4) is 0 Å². The van der Waals surface area contributed by atoms with Crippen LogP contribution in [0.15, 0.2) is 0 Å². The van der Waals surface area contributed by atoms with Gasteiger partial charge in [0.1, 0.15) is 0 Å². The van der Waals surface area contributed by atoms with Crippen LogP contribution < -0.4 is 10.6 Å². The van der Waals surface area contributed by atoms with Crippen LogP contribution in [-0.2, 0) is 0 Å². The summed E-state index contributed by atoms with van der Waals surface area (Å²) in [7, 11) is 0. The first kappa shape index (κ1) is 11.0. The van der Waals surface area contributed by atoms with Gasteiger partial charge in [-0.05, 0) is 38.3 Å². The lowest BCUT2D eigenvalue weighted by atomic mass is 10.1. The molecule has 0 spiro atoms. The van der Waals surface area contributed by atoms with Gasteiger partial charge in [0.05, 0.1) is 0 Å². The minimum Gasteiger partial charge on any atom is -0.315 e. The molecular weight excluding hydrogens is 160 g/mol. The number of nitrogens with one attached hydrogen (secondary N) is 2. The van der Waals surface area contributed by atoms with E-state index in [2.05, 4.69) is 24.5 Å². The maximum Gasteiger partial charge on any atom is 0.0192 e. The number of hydrogen-bond donors (Lipinski definition) is 2. The summed E-state index contributed by atoms with van der Waals surface area (Å²) in [6.07, 6.45) is 5.39. The SMILES string of the molecule is CC(C)CCN[C@@H]1CCCCNC1. The Bertz CT molecular complexity index is 115. The first-order valence-electron chi connectivity index (χ1n) is 5.73. The number of rotatable bonds is 4. The van der Waals surface area contributed by atoms with Gasteiger partial charge in [-0.25, -0.2) is 0 Å². The van der Waals surface area contributed by atoms with Crippen LogP contribution in [-0.4, -0.2) is 25.7 Å². The van der Waals surface area contributed by atoms with Crippen LogP contribution in [0.25, 0.3) is 0 Å². The Labute approximate surface area is 82.5 Å². The molecule has 1 rings (SSSR count). The third-order valence-electron chi connectivity index (χ3n) is 2.70. The molecular formula is C11H24N2. The molecule has 1 saturated heterocycles. The Balaban J connectivity index is 2.05. The van der Waals surface area contributed by atoms with Gasteiger partial charge >= 0.3 is 0 Å². The highest BCUT2D eigenvalue weighted by atomic mass is 15.0. The van der Waals surface area contributed by atoms with E-state index in [1.54, 1.807) is 0 Å². The van der Waals surface area contributed by atoms with E-state index in [1.807, 2.05) is 0 Å². The van der Waals surface area contributed by atoms with Gasteiger partial charge in [-0.15, -0.1) is 0 Å². The van der Waals surface area contributed by atoms with E-state index < -0.39 is 0 Å². The molecule has 1 aliphatic rings. The first-order valence-corrected chi connectivity index (χ1v) is 5.73. The van der Waals surface area contributed by atoms with Gasteiger partial charge in [-0.1, -0.05) is 20.3 Å². The highest BCUT2D eigenvalue weighted by Gasteiger charge is 2.10. The second kappa shape index (κ2) is 6.39. The number of hydrogen-bond acceptors (Lipinski definition) is 2. The maximum absolute atomic E-state index is 3.63. The third-order valence-corrected chi connectivity index (χ3v) is 2.70. The molecule has 0 aromatic carbocycles. The molecule has 2 heteroatoms. The average molecular weight is 184 g/mol. The van der Waals surface area contributed by atoms with E-state index in [0.717, 1.165) is 18.5 Å². The van der Waals surface area contributed by atoms with E-state index in [0.29, 0.717) is 0 Å². The predicted octanol–water partition coefficient (Wildman–Crippen LogP) is 1.76. The van der Waals surface area contributed by atoms with Gasteiger partial charge in [-0.2, -0.15) is 0 Å². The summed E-state index contributed by atoms with van der Waals surface area (Å²) in [5.41, 5.74) is 0. The Morgan fingerprint density at radius 1 is 1.38 bits per heavy atom. The van der Waals surface area contributed by atoms with Gasteiger partial charge in [0.15, 0.2) is 0 Å². The molecule has 1 aliphatic heterocycles. The Morgan fingerprint density at radius 3 is 3.00 bits per heavy atom. The molecule has 1 heterocycles. The second-order valence-corrected chi connectivity index (χ2v) is 4.53. The van der Waals surface area contributed by atoms with E-state index >= 15 is 0 Å². The molecule has 1 atom stereocenters. The minimum absolute atomic E-state index is 0.723. The lowest BCUT2D eigenvalue weighted by molar-refractivity contribution is 0.444. The van der Waals surface area contributed by atoms with Crippen LogP contribution in [0.1, 0.15) is 39.5 Å². The van der Waals surface area contributed by atoms with Crippen LogP contribution in [0.4, 0.5) is 0 Å². The third kappa shape index (κ3) is 5.27. The van der Waals surface area contributed by atoms with Crippen molar-refractivity contribution in [3.63, 3.8) is 0 Å². The largest absolute Gasteiger partial charge is 0.315 e. The van der Waals surface area contributed by atoms with Crippen molar-refractivity contribution in [1.29, 1.82) is 0 Å². The maximum atomic E-state index is 3.63. The van der Waals surface area contributed by atoms with Crippen molar-refractivity contribution in [3.8, 4) is 0 Å². The molecule has 13 heavy (non-hydrogen) atoms. The molecule has 2 nitrogen and oxygen atoms in total. The van der Waals surface area contributed by atoms with Gasteiger partial charge < -0.3 is 10.6 Å². The molecule has 0 bridgehead atoms. The topological polar surface area (TPSA) is 24.1 Å². The van der Waals surface area contributed by atoms with Crippen molar-refractivity contribution in [2.24, 2.45) is 5.92 Å². The summed E-state index contributed by atoms with van der Waals surface area (Å²) >= 11 is 0. The van der Waals surface area contributed by atoms with Gasteiger partial charge in [0.2, 0.25) is 0 Å². The summed E-state index contributed by atoms with van der Waals surface area (Å²) < 4.78 is 0. The van der Waals surface area contributed by atoms with Crippen molar-refractivity contribution in [2.45, 2.75) is 45.6 Å². The fourth-order valence-electron chi connectivity index (χ4n) is 1.77. The van der Waals surface area contributed by atoms with Gasteiger partial charge in [0, 0.05) is 12.6 Å². The van der Waals surface area contributed by atoms with E-state index in [4.69, 9.17) is 0 Å². The molecule has 0 unspecified atom stereocenters. The van der Waals surface area contributed by atoms with Crippen LogP contribution in [0.5, 0.6) is 0 Å². The van der Waals surface area contributed by atoms with Crippen LogP contribution >= 0.6 is 0 Å². The zero-order valence-electron chi connectivity index (χ0n) is 9.10. The van der Waals surface area contributed by atoms with Crippen LogP contribution in [0.2, 0.25) is 0 Å². The van der Waals surface area contributed by atoms with E-state index in [9.17, 15) is 0 Å². The summed E-state index contributed by atoms with van der Waals surface area (Å²) in [6.45, 7) is 8.13. The zero-order valence-corrected chi connectivity index (χ0v) is 9.10. The quantitative estimate of drug-likeness (QED) is 0.696. The predicted molar refractivity (Wildman–Crippen MR) is 58.0 cm³/mol. The molecule has 78 valence electrons. The molecule has 0 amide bonds. The highest BCUT2D eigenvalue weighted by molar-refractivity contribution is 4.73. The zero-order chi connectivity index (χ0) is 9.52. The lowest BCUT2D eigenvalue weighted by Gasteiger charge is -2.16. The molecule has 2 N–H and O–H groups in total. The lowest BCUT2D eigenvalue weighted by Crippen LogP contribution is -2.37. The molecule has 0 aromatic rings. The van der Waals surface area contributed by atoms with Crippen molar-refractivity contribution < 1.29 is 0 Å².